The molecular formula is C14H21BrO4. The molecule has 2 N–H and O–H groups in total. The number of rotatable bonds is 4. The molecule has 4 nitrogen and oxygen atoms in total. The first-order chi connectivity index (χ1) is 8.73. The van der Waals surface area contributed by atoms with Crippen LogP contribution in [0.4, 0.5) is 0 Å². The van der Waals surface area contributed by atoms with E-state index < -0.39 is 17.6 Å². The summed E-state index contributed by atoms with van der Waals surface area (Å²) in [5, 5.41) is 20.5. The van der Waals surface area contributed by atoms with Crippen molar-refractivity contribution in [1.29, 1.82) is 0 Å². The van der Waals surface area contributed by atoms with Gasteiger partial charge >= 0.3 is 0 Å². The van der Waals surface area contributed by atoms with E-state index in [0.29, 0.717) is 21.5 Å². The normalized spacial score (nSPS) is 14.9. The maximum absolute atomic E-state index is 10.3. The van der Waals surface area contributed by atoms with Gasteiger partial charge in [-0.2, -0.15) is 0 Å². The van der Waals surface area contributed by atoms with Crippen LogP contribution in [0.15, 0.2) is 16.6 Å². The number of hydrogen-bond donors (Lipinski definition) is 2. The van der Waals surface area contributed by atoms with Crippen molar-refractivity contribution < 1.29 is 19.7 Å². The Morgan fingerprint density at radius 3 is 2.11 bits per heavy atom. The summed E-state index contributed by atoms with van der Waals surface area (Å²) in [6.45, 7) is 5.60. The van der Waals surface area contributed by atoms with Crippen molar-refractivity contribution in [2.24, 2.45) is 5.41 Å². The second-order valence-corrected chi connectivity index (χ2v) is 6.25. The fourth-order valence-corrected chi connectivity index (χ4v) is 2.48. The predicted molar refractivity (Wildman–Crippen MR) is 77.7 cm³/mol. The lowest BCUT2D eigenvalue weighted by Crippen LogP contribution is -2.32. The van der Waals surface area contributed by atoms with Gasteiger partial charge in [0.2, 0.25) is 0 Å². The summed E-state index contributed by atoms with van der Waals surface area (Å²) < 4.78 is 11.1. The molecule has 0 amide bonds. The highest BCUT2D eigenvalue weighted by Crippen LogP contribution is 2.42. The first-order valence-electron chi connectivity index (χ1n) is 6.00. The highest BCUT2D eigenvalue weighted by atomic mass is 79.9. The molecule has 0 aliphatic heterocycles. The van der Waals surface area contributed by atoms with Gasteiger partial charge in [0.25, 0.3) is 0 Å². The molecule has 0 saturated heterocycles. The summed E-state index contributed by atoms with van der Waals surface area (Å²) >= 11 is 3.38. The Balaban J connectivity index is 3.24. The van der Waals surface area contributed by atoms with Crippen LogP contribution in [0.1, 0.15) is 32.4 Å². The van der Waals surface area contributed by atoms with Crippen LogP contribution in [0, 0.1) is 5.41 Å². The largest absolute Gasteiger partial charge is 0.495 e. The van der Waals surface area contributed by atoms with E-state index in [1.54, 1.807) is 19.2 Å². The van der Waals surface area contributed by atoms with Gasteiger partial charge in [0, 0.05) is 5.56 Å². The van der Waals surface area contributed by atoms with E-state index in [-0.39, 0.29) is 0 Å². The lowest BCUT2D eigenvalue weighted by Gasteiger charge is -2.31. The summed E-state index contributed by atoms with van der Waals surface area (Å²) in [5.74, 6) is 1.08. The zero-order valence-electron chi connectivity index (χ0n) is 11.9. The molecule has 2 atom stereocenters. The molecule has 2 unspecified atom stereocenters. The van der Waals surface area contributed by atoms with Gasteiger partial charge in [-0.25, -0.2) is 0 Å². The van der Waals surface area contributed by atoms with Crippen LogP contribution < -0.4 is 9.47 Å². The third kappa shape index (κ3) is 3.41. The van der Waals surface area contributed by atoms with E-state index in [0.717, 1.165) is 0 Å². The van der Waals surface area contributed by atoms with E-state index in [2.05, 4.69) is 15.9 Å². The molecule has 0 heterocycles. The van der Waals surface area contributed by atoms with Crippen molar-refractivity contribution in [3.05, 3.63) is 22.2 Å². The molecule has 0 aromatic heterocycles. The SMILES string of the molecule is COc1ccc(C(O)C(O)C(C)(C)C)c(OC)c1Br. The van der Waals surface area contributed by atoms with Crippen molar-refractivity contribution in [2.45, 2.75) is 33.0 Å². The molecule has 0 fully saturated rings. The predicted octanol–water partition coefficient (Wildman–Crippen LogP) is 2.91. The van der Waals surface area contributed by atoms with E-state index in [1.807, 2.05) is 20.8 Å². The second kappa shape index (κ2) is 6.11. The summed E-state index contributed by atoms with van der Waals surface area (Å²) in [4.78, 5) is 0. The van der Waals surface area contributed by atoms with Gasteiger partial charge in [-0.05, 0) is 33.5 Å². The van der Waals surface area contributed by atoms with Crippen LogP contribution in [0.3, 0.4) is 0 Å². The molecule has 0 bridgehead atoms. The monoisotopic (exact) mass is 332 g/mol. The van der Waals surface area contributed by atoms with Crippen LogP contribution in [0.25, 0.3) is 0 Å². The smallest absolute Gasteiger partial charge is 0.142 e. The molecule has 1 rings (SSSR count). The first kappa shape index (κ1) is 16.3. The summed E-state index contributed by atoms with van der Waals surface area (Å²) in [6.07, 6.45) is -1.93. The Morgan fingerprint density at radius 1 is 1.11 bits per heavy atom. The Morgan fingerprint density at radius 2 is 1.68 bits per heavy atom. The Labute approximate surface area is 122 Å². The summed E-state index contributed by atoms with van der Waals surface area (Å²) in [6, 6.07) is 3.42. The zero-order valence-corrected chi connectivity index (χ0v) is 13.5. The third-order valence-electron chi connectivity index (χ3n) is 3.02. The van der Waals surface area contributed by atoms with Gasteiger partial charge in [-0.1, -0.05) is 20.8 Å². The maximum atomic E-state index is 10.3. The molecule has 108 valence electrons. The molecule has 0 saturated carbocycles. The van der Waals surface area contributed by atoms with Crippen molar-refractivity contribution in [2.75, 3.05) is 14.2 Å². The van der Waals surface area contributed by atoms with Crippen molar-refractivity contribution in [3.8, 4) is 11.5 Å². The number of methoxy groups -OCH3 is 2. The van der Waals surface area contributed by atoms with Gasteiger partial charge in [0.05, 0.1) is 20.3 Å². The average Bonchev–Trinajstić information content (AvgIpc) is 2.35. The van der Waals surface area contributed by atoms with Gasteiger partial charge in [0.15, 0.2) is 0 Å². The number of aliphatic hydroxyl groups is 2. The number of aliphatic hydroxyl groups excluding tert-OH is 2. The molecule has 19 heavy (non-hydrogen) atoms. The molecule has 0 radical (unpaired) electrons. The van der Waals surface area contributed by atoms with Gasteiger partial charge in [-0.15, -0.1) is 0 Å². The maximum Gasteiger partial charge on any atom is 0.142 e. The van der Waals surface area contributed by atoms with Gasteiger partial charge in [-0.3, -0.25) is 0 Å². The Kier molecular flexibility index (Phi) is 5.24. The van der Waals surface area contributed by atoms with Crippen molar-refractivity contribution in [3.63, 3.8) is 0 Å². The second-order valence-electron chi connectivity index (χ2n) is 5.46. The minimum atomic E-state index is -1.03. The van der Waals surface area contributed by atoms with Crippen LogP contribution in [-0.2, 0) is 0 Å². The van der Waals surface area contributed by atoms with Crippen LogP contribution in [0.5, 0.6) is 11.5 Å². The van der Waals surface area contributed by atoms with E-state index in [4.69, 9.17) is 9.47 Å². The fraction of sp³-hybridized carbons (Fsp3) is 0.571. The highest BCUT2D eigenvalue weighted by Gasteiger charge is 2.32. The quantitative estimate of drug-likeness (QED) is 0.890. The molecular weight excluding hydrogens is 312 g/mol. The highest BCUT2D eigenvalue weighted by molar-refractivity contribution is 9.10. The standard InChI is InChI=1S/C14H21BrO4/c1-14(2,3)13(17)11(16)8-6-7-9(18-4)10(15)12(8)19-5/h6-7,11,13,16-17H,1-5H3. The Hall–Kier alpha value is -0.780. The minimum Gasteiger partial charge on any atom is -0.495 e. The van der Waals surface area contributed by atoms with Crippen LogP contribution in [-0.4, -0.2) is 30.5 Å². The number of hydrogen-bond acceptors (Lipinski definition) is 4. The number of ether oxygens (including phenoxy) is 2. The first-order valence-corrected chi connectivity index (χ1v) is 6.79. The Bertz CT molecular complexity index is 440. The lowest BCUT2D eigenvalue weighted by atomic mass is 9.83. The molecule has 0 aliphatic rings. The molecule has 0 spiro atoms. The van der Waals surface area contributed by atoms with E-state index >= 15 is 0 Å². The van der Waals surface area contributed by atoms with Crippen LogP contribution in [0.2, 0.25) is 0 Å². The molecule has 0 aliphatic carbocycles. The minimum absolute atomic E-state index is 0.434. The van der Waals surface area contributed by atoms with Gasteiger partial charge in [0.1, 0.15) is 22.1 Å². The molecule has 1 aromatic carbocycles. The summed E-state index contributed by atoms with van der Waals surface area (Å²) in [7, 11) is 3.07. The van der Waals surface area contributed by atoms with Crippen molar-refractivity contribution >= 4 is 15.9 Å². The third-order valence-corrected chi connectivity index (χ3v) is 3.77. The van der Waals surface area contributed by atoms with Crippen LogP contribution >= 0.6 is 15.9 Å². The van der Waals surface area contributed by atoms with E-state index in [9.17, 15) is 10.2 Å². The zero-order chi connectivity index (χ0) is 14.8. The fourth-order valence-electron chi connectivity index (χ4n) is 1.79. The van der Waals surface area contributed by atoms with E-state index in [1.165, 1.54) is 7.11 Å². The summed E-state index contributed by atoms with van der Waals surface area (Å²) in [5.41, 5.74) is 0.0919. The average molecular weight is 333 g/mol. The number of benzene rings is 1. The van der Waals surface area contributed by atoms with Crippen molar-refractivity contribution in [1.82, 2.24) is 0 Å². The van der Waals surface area contributed by atoms with Gasteiger partial charge < -0.3 is 19.7 Å². The lowest BCUT2D eigenvalue weighted by molar-refractivity contribution is -0.0467. The number of halogens is 1. The molecule has 1 aromatic rings. The molecule has 5 heteroatoms. The topological polar surface area (TPSA) is 58.9 Å².